The van der Waals surface area contributed by atoms with Gasteiger partial charge in [0.2, 0.25) is 0 Å². The Balaban J connectivity index is 0.000000202. The quantitative estimate of drug-likeness (QED) is 0.0542. The van der Waals surface area contributed by atoms with Crippen LogP contribution in [0.25, 0.3) is 0 Å². The molecular formula is C79H90O5. The van der Waals surface area contributed by atoms with Gasteiger partial charge in [-0.1, -0.05) is 259 Å². The molecule has 6 aromatic carbocycles. The van der Waals surface area contributed by atoms with Crippen LogP contribution >= 0.6 is 0 Å². The number of Topliss-reactive ketones (excluding diaryl/α,β-unsaturated/α-hetero) is 2. The molecular weight excluding hydrogens is 1030 g/mol. The van der Waals surface area contributed by atoms with Crippen LogP contribution in [0.4, 0.5) is 0 Å². The maximum atomic E-state index is 13.2. The van der Waals surface area contributed by atoms with Gasteiger partial charge in [0.1, 0.15) is 11.2 Å². The molecule has 4 aliphatic carbocycles. The van der Waals surface area contributed by atoms with Gasteiger partial charge in [-0.25, -0.2) is 0 Å². The van der Waals surface area contributed by atoms with Gasteiger partial charge >= 0.3 is 0 Å². The van der Waals surface area contributed by atoms with E-state index in [1.54, 1.807) is 0 Å². The maximum Gasteiger partial charge on any atom is 0.159 e. The molecule has 0 amide bonds. The van der Waals surface area contributed by atoms with Crippen LogP contribution in [0.5, 0.6) is 0 Å². The minimum atomic E-state index is -0.861. The number of carbonyl (C=O) groups is 2. The van der Waals surface area contributed by atoms with Gasteiger partial charge in [-0.15, -0.1) is 13.2 Å². The van der Waals surface area contributed by atoms with Crippen molar-refractivity contribution in [2.45, 2.75) is 130 Å². The number of hydrogen-bond acceptors (Lipinski definition) is 5. The molecule has 2 fully saturated rings. The highest BCUT2D eigenvalue weighted by Crippen LogP contribution is 2.60. The third-order valence-corrected chi connectivity index (χ3v) is 21.0. The lowest BCUT2D eigenvalue weighted by Crippen LogP contribution is -2.42. The van der Waals surface area contributed by atoms with E-state index in [1.165, 1.54) is 16.7 Å². The lowest BCUT2D eigenvalue weighted by molar-refractivity contribution is -0.115. The summed E-state index contributed by atoms with van der Waals surface area (Å²) in [6.45, 7) is 33.9. The smallest absolute Gasteiger partial charge is 0.159 e. The number of fused-ring (bicyclic) bond motifs is 2. The fraction of sp³-hybridized carbons (Fsp3) is 0.367. The van der Waals surface area contributed by atoms with E-state index >= 15 is 0 Å². The largest absolute Gasteiger partial charge is 0.388 e. The first kappa shape index (κ1) is 61.5. The number of allylic oxidation sites excluding steroid dienone is 6. The molecule has 4 aliphatic rings. The summed E-state index contributed by atoms with van der Waals surface area (Å²) in [5, 5.41) is 12.0. The summed E-state index contributed by atoms with van der Waals surface area (Å²) in [5.41, 5.74) is 9.57. The number of hydrogen-bond donors (Lipinski definition) is 1. The molecule has 8 unspecified atom stereocenters. The topological polar surface area (TPSA) is 72.8 Å². The lowest BCUT2D eigenvalue weighted by Gasteiger charge is -2.46. The number of aliphatic hydroxyl groups is 1. The molecule has 0 spiro atoms. The second-order valence-electron chi connectivity index (χ2n) is 25.4. The van der Waals surface area contributed by atoms with Crippen molar-refractivity contribution >= 4 is 11.6 Å². The van der Waals surface area contributed by atoms with Gasteiger partial charge in [-0.3, -0.25) is 9.59 Å². The maximum absolute atomic E-state index is 13.2. The average Bonchev–Trinajstić information content (AvgIpc) is 2.42. The molecule has 5 heteroatoms. The predicted octanol–water partition coefficient (Wildman–Crippen LogP) is 18.5. The number of ether oxygens (including phenoxy) is 2. The van der Waals surface area contributed by atoms with E-state index in [4.69, 9.17) is 16.1 Å². The van der Waals surface area contributed by atoms with Gasteiger partial charge in [-0.05, 0) is 127 Å². The summed E-state index contributed by atoms with van der Waals surface area (Å²) >= 11 is 0. The van der Waals surface area contributed by atoms with E-state index in [2.05, 4.69) is 195 Å². The first-order valence-electron chi connectivity index (χ1n) is 30.8. The van der Waals surface area contributed by atoms with Crippen LogP contribution in [0.2, 0.25) is 0 Å². The van der Waals surface area contributed by atoms with Crippen molar-refractivity contribution in [1.82, 2.24) is 0 Å². The van der Waals surface area contributed by atoms with Gasteiger partial charge in [-0.2, -0.15) is 0 Å². The Morgan fingerprint density at radius 1 is 0.512 bits per heavy atom. The molecule has 0 saturated heterocycles. The molecule has 84 heavy (non-hydrogen) atoms. The highest BCUT2D eigenvalue weighted by Gasteiger charge is 2.54. The van der Waals surface area contributed by atoms with Crippen LogP contribution in [-0.4, -0.2) is 36.0 Å². The fourth-order valence-electron chi connectivity index (χ4n) is 14.9. The van der Waals surface area contributed by atoms with Crippen molar-refractivity contribution in [3.05, 3.63) is 287 Å². The number of aliphatic hydroxyl groups excluding tert-OH is 1. The zero-order valence-corrected chi connectivity index (χ0v) is 51.2. The van der Waals surface area contributed by atoms with Crippen molar-refractivity contribution in [3.8, 4) is 0 Å². The lowest BCUT2D eigenvalue weighted by atomic mass is 9.58. The normalized spacial score (nSPS) is 22.8. The highest BCUT2D eigenvalue weighted by molar-refractivity contribution is 6.01. The van der Waals surface area contributed by atoms with Crippen molar-refractivity contribution in [3.63, 3.8) is 0 Å². The average molecular weight is 1120 g/mol. The summed E-state index contributed by atoms with van der Waals surface area (Å²) in [4.78, 5) is 26.2. The summed E-state index contributed by atoms with van der Waals surface area (Å²) < 4.78 is 14.2. The monoisotopic (exact) mass is 1120 g/mol. The first-order chi connectivity index (χ1) is 40.4. The van der Waals surface area contributed by atoms with Gasteiger partial charge in [0.15, 0.2) is 11.6 Å². The molecule has 0 radical (unpaired) electrons. The summed E-state index contributed by atoms with van der Waals surface area (Å²) in [6, 6.07) is 62.6. The first-order valence-corrected chi connectivity index (χ1v) is 30.8. The van der Waals surface area contributed by atoms with Crippen LogP contribution in [0.15, 0.2) is 254 Å². The van der Waals surface area contributed by atoms with Gasteiger partial charge in [0.25, 0.3) is 0 Å². The minimum Gasteiger partial charge on any atom is -0.388 e. The number of benzene rings is 6. The number of carbonyl (C=O) groups excluding carboxylic acids is 2. The Bertz CT molecular complexity index is 2940. The van der Waals surface area contributed by atoms with Crippen LogP contribution in [0.3, 0.4) is 0 Å². The molecule has 0 aromatic heterocycles. The van der Waals surface area contributed by atoms with Crippen molar-refractivity contribution < 1.29 is 24.2 Å². The second-order valence-corrected chi connectivity index (χ2v) is 25.4. The zero-order valence-electron chi connectivity index (χ0n) is 51.2. The fourth-order valence-corrected chi connectivity index (χ4v) is 14.9. The van der Waals surface area contributed by atoms with Crippen LogP contribution in [0, 0.1) is 39.4 Å². The molecule has 0 heterocycles. The van der Waals surface area contributed by atoms with E-state index < -0.39 is 28.1 Å². The van der Waals surface area contributed by atoms with E-state index in [-0.39, 0.29) is 22.5 Å². The van der Waals surface area contributed by atoms with E-state index in [0.29, 0.717) is 50.1 Å². The Labute approximate surface area is 503 Å². The van der Waals surface area contributed by atoms with Crippen LogP contribution in [0.1, 0.15) is 146 Å². The van der Waals surface area contributed by atoms with E-state index in [0.717, 1.165) is 95.0 Å². The SMILES string of the molecule is C=CC(C)(CCOC(c1ccccc1)(c1ccccc1)c1ccccc1)C(C)C(=C)C12CCC(=O)C1=C(C)C(C)CC2.C=CC(C)(CCOC(c1ccccc1)(c1ccccc1)c1ccccc1)C(O)C(=C)C12CCC(=O)C1=C(C)C(C)CC2. The summed E-state index contributed by atoms with van der Waals surface area (Å²) in [5.74, 6) is 1.52. The highest BCUT2D eigenvalue weighted by atomic mass is 16.5. The second kappa shape index (κ2) is 25.7. The third-order valence-electron chi connectivity index (χ3n) is 21.0. The molecule has 8 atom stereocenters. The van der Waals surface area contributed by atoms with Crippen molar-refractivity contribution in [2.24, 2.45) is 39.4 Å². The summed E-state index contributed by atoms with van der Waals surface area (Å²) in [6.07, 6.45) is 11.1. The van der Waals surface area contributed by atoms with Gasteiger partial charge in [0.05, 0.1) is 6.10 Å². The van der Waals surface area contributed by atoms with E-state index in [9.17, 15) is 14.7 Å². The van der Waals surface area contributed by atoms with Gasteiger partial charge < -0.3 is 14.6 Å². The number of ketones is 2. The molecule has 6 aromatic rings. The number of rotatable bonds is 22. The molecule has 5 nitrogen and oxygen atoms in total. The molecule has 10 rings (SSSR count). The molecule has 1 N–H and O–H groups in total. The molecule has 436 valence electrons. The van der Waals surface area contributed by atoms with Crippen LogP contribution < -0.4 is 0 Å². The van der Waals surface area contributed by atoms with E-state index in [1.807, 2.05) is 67.6 Å². The zero-order chi connectivity index (χ0) is 59.9. The standard InChI is InChI=1S/C40H46O2.C39H44O3/c1-7-38(6,31(4)32(5)39-25-23-29(2)30(3)37(39)36(41)24-26-39)27-28-42-40(33-17-11-8-12-18-33,34-19-13-9-14-20-34)35-21-15-10-16-22-35;1-6-37(5,36(41)30(4)38-24-22-28(2)29(3)35(38)34(40)23-25-38)26-27-42-39(31-16-10-7-11-17-31,32-18-12-8-13-19-32)33-20-14-9-15-21-33/h7-22,29,31H,1,5,23-28H2,2-4,6H3;6-21,28,36,41H,1,4,22-27H2,2-3,5H3. The van der Waals surface area contributed by atoms with Gasteiger partial charge in [0, 0.05) is 53.4 Å². The molecule has 0 aliphatic heterocycles. The third kappa shape index (κ3) is 11.3. The summed E-state index contributed by atoms with van der Waals surface area (Å²) in [7, 11) is 0. The Morgan fingerprint density at radius 2 is 0.798 bits per heavy atom. The molecule has 2 saturated carbocycles. The minimum absolute atomic E-state index is 0.139. The molecule has 0 bridgehead atoms. The van der Waals surface area contributed by atoms with Crippen molar-refractivity contribution in [1.29, 1.82) is 0 Å². The Morgan fingerprint density at radius 3 is 1.10 bits per heavy atom. The Hall–Kier alpha value is -7.02. The van der Waals surface area contributed by atoms with Crippen LogP contribution in [-0.2, 0) is 30.3 Å². The predicted molar refractivity (Wildman–Crippen MR) is 345 cm³/mol. The van der Waals surface area contributed by atoms with Crippen molar-refractivity contribution in [2.75, 3.05) is 13.2 Å². The Kier molecular flexibility index (Phi) is 18.8.